The van der Waals surface area contributed by atoms with Crippen LogP contribution in [0.3, 0.4) is 0 Å². The highest BCUT2D eigenvalue weighted by Crippen LogP contribution is 2.19. The molecule has 0 spiro atoms. The van der Waals surface area contributed by atoms with E-state index in [4.69, 9.17) is 9.47 Å². The summed E-state index contributed by atoms with van der Waals surface area (Å²) in [4.78, 5) is 0. The molecule has 0 aliphatic carbocycles. The highest BCUT2D eigenvalue weighted by atomic mass is 16.5. The van der Waals surface area contributed by atoms with Crippen molar-refractivity contribution >= 4 is 0 Å². The molecule has 1 heterocycles. The van der Waals surface area contributed by atoms with Crippen molar-refractivity contribution in [2.45, 2.75) is 32.3 Å². The molecule has 3 heteroatoms. The Morgan fingerprint density at radius 1 is 1.26 bits per heavy atom. The molecule has 19 heavy (non-hydrogen) atoms. The van der Waals surface area contributed by atoms with Gasteiger partial charge < -0.3 is 14.6 Å². The van der Waals surface area contributed by atoms with Crippen LogP contribution in [0.15, 0.2) is 24.3 Å². The standard InChI is InChI=1S/C16H24O3/c1-12(2)14-3-5-15(6-4-14)16(17)11-19-10-13-7-8-18-9-13/h3-6,12-13,16-17H,7-11H2,1-2H3. The van der Waals surface area contributed by atoms with Gasteiger partial charge in [-0.2, -0.15) is 0 Å². The Morgan fingerprint density at radius 2 is 1.95 bits per heavy atom. The van der Waals surface area contributed by atoms with E-state index in [0.717, 1.165) is 25.2 Å². The molecule has 2 atom stereocenters. The fourth-order valence-corrected chi connectivity index (χ4v) is 2.26. The Balaban J connectivity index is 1.76. The maximum atomic E-state index is 10.1. The molecule has 1 saturated heterocycles. The maximum absolute atomic E-state index is 10.1. The molecule has 0 amide bonds. The molecule has 1 aromatic rings. The van der Waals surface area contributed by atoms with Gasteiger partial charge in [-0.25, -0.2) is 0 Å². The molecule has 106 valence electrons. The van der Waals surface area contributed by atoms with E-state index in [2.05, 4.69) is 26.0 Å². The summed E-state index contributed by atoms with van der Waals surface area (Å²) in [6, 6.07) is 8.13. The van der Waals surface area contributed by atoms with Crippen LogP contribution in [0.1, 0.15) is 43.4 Å². The summed E-state index contributed by atoms with van der Waals surface area (Å²) in [6.45, 7) is 7.00. The smallest absolute Gasteiger partial charge is 0.102 e. The number of hydrogen-bond acceptors (Lipinski definition) is 3. The molecule has 2 rings (SSSR count). The van der Waals surface area contributed by atoms with E-state index < -0.39 is 6.10 Å². The summed E-state index contributed by atoms with van der Waals surface area (Å²) >= 11 is 0. The number of hydrogen-bond donors (Lipinski definition) is 1. The van der Waals surface area contributed by atoms with Crippen molar-refractivity contribution < 1.29 is 14.6 Å². The van der Waals surface area contributed by atoms with Crippen LogP contribution in [-0.4, -0.2) is 31.5 Å². The lowest BCUT2D eigenvalue weighted by atomic mass is 10.0. The lowest BCUT2D eigenvalue weighted by molar-refractivity contribution is 0.0185. The number of aliphatic hydroxyl groups excluding tert-OH is 1. The van der Waals surface area contributed by atoms with Gasteiger partial charge in [0.1, 0.15) is 6.10 Å². The third-order valence-corrected chi connectivity index (χ3v) is 3.64. The van der Waals surface area contributed by atoms with Crippen molar-refractivity contribution in [3.8, 4) is 0 Å². The molecule has 0 aromatic heterocycles. The maximum Gasteiger partial charge on any atom is 0.102 e. The molecule has 0 bridgehead atoms. The van der Waals surface area contributed by atoms with Crippen molar-refractivity contribution in [1.29, 1.82) is 0 Å². The minimum atomic E-state index is -0.538. The van der Waals surface area contributed by atoms with E-state index in [-0.39, 0.29) is 0 Å². The van der Waals surface area contributed by atoms with E-state index in [9.17, 15) is 5.11 Å². The number of aliphatic hydroxyl groups is 1. The summed E-state index contributed by atoms with van der Waals surface area (Å²) in [5, 5.41) is 10.1. The molecule has 2 unspecified atom stereocenters. The van der Waals surface area contributed by atoms with E-state index in [1.807, 2.05) is 12.1 Å². The fourth-order valence-electron chi connectivity index (χ4n) is 2.26. The lowest BCUT2D eigenvalue weighted by Gasteiger charge is -2.14. The van der Waals surface area contributed by atoms with Gasteiger partial charge in [0.15, 0.2) is 0 Å². The molecular weight excluding hydrogens is 240 g/mol. The summed E-state index contributed by atoms with van der Waals surface area (Å²) < 4.78 is 10.9. The fraction of sp³-hybridized carbons (Fsp3) is 0.625. The first kappa shape index (κ1) is 14.5. The topological polar surface area (TPSA) is 38.7 Å². The molecule has 1 aliphatic heterocycles. The van der Waals surface area contributed by atoms with Crippen LogP contribution in [0.4, 0.5) is 0 Å². The van der Waals surface area contributed by atoms with E-state index in [0.29, 0.717) is 25.0 Å². The quantitative estimate of drug-likeness (QED) is 0.858. The second-order valence-corrected chi connectivity index (χ2v) is 5.60. The molecule has 1 aliphatic rings. The van der Waals surface area contributed by atoms with Gasteiger partial charge in [-0.1, -0.05) is 38.1 Å². The zero-order valence-electron chi connectivity index (χ0n) is 11.8. The van der Waals surface area contributed by atoms with Crippen LogP contribution < -0.4 is 0 Å². The van der Waals surface area contributed by atoms with Crippen molar-refractivity contribution in [2.24, 2.45) is 5.92 Å². The Bertz CT molecular complexity index is 366. The predicted octanol–water partition coefficient (Wildman–Crippen LogP) is 2.90. The zero-order valence-corrected chi connectivity index (χ0v) is 11.8. The predicted molar refractivity (Wildman–Crippen MR) is 75.2 cm³/mol. The summed E-state index contributed by atoms with van der Waals surface area (Å²) in [5.74, 6) is 1.01. The summed E-state index contributed by atoms with van der Waals surface area (Å²) in [7, 11) is 0. The number of rotatable bonds is 6. The third-order valence-electron chi connectivity index (χ3n) is 3.64. The highest BCUT2D eigenvalue weighted by molar-refractivity contribution is 5.26. The number of benzene rings is 1. The van der Waals surface area contributed by atoms with Gasteiger partial charge in [-0.05, 0) is 23.5 Å². The molecule has 1 fully saturated rings. The Kier molecular flexibility index (Phi) is 5.37. The van der Waals surface area contributed by atoms with Gasteiger partial charge in [0.25, 0.3) is 0 Å². The first-order chi connectivity index (χ1) is 9.16. The highest BCUT2D eigenvalue weighted by Gasteiger charge is 2.16. The molecule has 1 aromatic carbocycles. The van der Waals surface area contributed by atoms with Crippen molar-refractivity contribution in [3.63, 3.8) is 0 Å². The average Bonchev–Trinajstić information content (AvgIpc) is 2.92. The van der Waals surface area contributed by atoms with Crippen LogP contribution in [0.2, 0.25) is 0 Å². The summed E-state index contributed by atoms with van der Waals surface area (Å²) in [5.41, 5.74) is 2.21. The Labute approximate surface area is 115 Å². The average molecular weight is 264 g/mol. The summed E-state index contributed by atoms with van der Waals surface area (Å²) in [6.07, 6.45) is 0.530. The second kappa shape index (κ2) is 7.04. The lowest BCUT2D eigenvalue weighted by Crippen LogP contribution is -2.14. The van der Waals surface area contributed by atoms with Gasteiger partial charge in [0.05, 0.1) is 19.8 Å². The van der Waals surface area contributed by atoms with E-state index in [1.165, 1.54) is 5.56 Å². The van der Waals surface area contributed by atoms with Gasteiger partial charge >= 0.3 is 0 Å². The van der Waals surface area contributed by atoms with Crippen molar-refractivity contribution in [1.82, 2.24) is 0 Å². The SMILES string of the molecule is CC(C)c1ccc(C(O)COCC2CCOC2)cc1. The van der Waals surface area contributed by atoms with Crippen LogP contribution in [0, 0.1) is 5.92 Å². The minimum Gasteiger partial charge on any atom is -0.386 e. The first-order valence-corrected chi connectivity index (χ1v) is 7.10. The van der Waals surface area contributed by atoms with Crippen LogP contribution in [0.25, 0.3) is 0 Å². The second-order valence-electron chi connectivity index (χ2n) is 5.60. The Hall–Kier alpha value is -0.900. The van der Waals surface area contributed by atoms with Crippen LogP contribution in [0.5, 0.6) is 0 Å². The van der Waals surface area contributed by atoms with Crippen LogP contribution in [-0.2, 0) is 9.47 Å². The van der Waals surface area contributed by atoms with Crippen molar-refractivity contribution in [3.05, 3.63) is 35.4 Å². The monoisotopic (exact) mass is 264 g/mol. The zero-order chi connectivity index (χ0) is 13.7. The molecule has 3 nitrogen and oxygen atoms in total. The van der Waals surface area contributed by atoms with Gasteiger partial charge in [-0.3, -0.25) is 0 Å². The first-order valence-electron chi connectivity index (χ1n) is 7.10. The van der Waals surface area contributed by atoms with Crippen molar-refractivity contribution in [2.75, 3.05) is 26.4 Å². The number of ether oxygens (including phenoxy) is 2. The third kappa shape index (κ3) is 4.30. The largest absolute Gasteiger partial charge is 0.386 e. The normalized spacial score (nSPS) is 20.9. The van der Waals surface area contributed by atoms with E-state index >= 15 is 0 Å². The van der Waals surface area contributed by atoms with Crippen LogP contribution >= 0.6 is 0 Å². The Morgan fingerprint density at radius 3 is 2.53 bits per heavy atom. The molecule has 1 N–H and O–H groups in total. The molecular formula is C16H24O3. The molecule has 0 saturated carbocycles. The van der Waals surface area contributed by atoms with Gasteiger partial charge in [-0.15, -0.1) is 0 Å². The van der Waals surface area contributed by atoms with Gasteiger partial charge in [0, 0.05) is 12.5 Å². The molecule has 0 radical (unpaired) electrons. The van der Waals surface area contributed by atoms with Gasteiger partial charge in [0.2, 0.25) is 0 Å². The van der Waals surface area contributed by atoms with E-state index in [1.54, 1.807) is 0 Å². The minimum absolute atomic E-state index is 0.359.